The van der Waals surface area contributed by atoms with E-state index in [1.165, 1.54) is 0 Å². The number of likely N-dealkylation sites (N-methyl/N-ethyl adjacent to an activating group) is 1. The topological polar surface area (TPSA) is 78.8 Å². The second-order valence-electron chi connectivity index (χ2n) is 6.45. The van der Waals surface area contributed by atoms with Gasteiger partial charge in [-0.15, -0.1) is 0 Å². The molecule has 0 saturated heterocycles. The Balaban J connectivity index is 1.66. The Kier molecular flexibility index (Phi) is 4.21. The molecule has 0 bridgehead atoms. The van der Waals surface area contributed by atoms with Crippen molar-refractivity contribution in [1.29, 1.82) is 0 Å². The molecule has 3 rings (SSSR count). The van der Waals surface area contributed by atoms with Gasteiger partial charge in [-0.05, 0) is 33.9 Å². The van der Waals surface area contributed by atoms with Gasteiger partial charge in [-0.2, -0.15) is 10.2 Å². The standard InChI is InChI=1S/C16H24N6O/c1-10-7-11(2)22(20-10)12(3)8-17-16(23)15-13-9-21(4)6-5-14(13)18-19-15/h7,12H,5-6,8-9H2,1-4H3,(H,17,23)(H,18,19). The van der Waals surface area contributed by atoms with Crippen molar-refractivity contribution >= 4 is 5.91 Å². The lowest BCUT2D eigenvalue weighted by Crippen LogP contribution is -2.32. The van der Waals surface area contributed by atoms with Gasteiger partial charge in [-0.3, -0.25) is 14.6 Å². The summed E-state index contributed by atoms with van der Waals surface area (Å²) in [5.74, 6) is -0.119. The van der Waals surface area contributed by atoms with Crippen molar-refractivity contribution < 1.29 is 4.79 Å². The molecule has 1 atom stereocenters. The molecule has 124 valence electrons. The normalized spacial score (nSPS) is 16.2. The van der Waals surface area contributed by atoms with Crippen molar-refractivity contribution in [2.45, 2.75) is 39.8 Å². The van der Waals surface area contributed by atoms with Crippen molar-refractivity contribution in [2.24, 2.45) is 0 Å². The number of fused-ring (bicyclic) bond motifs is 1. The van der Waals surface area contributed by atoms with Gasteiger partial charge in [0.1, 0.15) is 0 Å². The molecule has 0 spiro atoms. The Morgan fingerprint density at radius 1 is 1.48 bits per heavy atom. The number of H-pyrrole nitrogens is 1. The first-order chi connectivity index (χ1) is 11.0. The summed E-state index contributed by atoms with van der Waals surface area (Å²) in [6, 6.07) is 2.14. The van der Waals surface area contributed by atoms with E-state index in [4.69, 9.17) is 0 Å². The molecule has 2 N–H and O–H groups in total. The summed E-state index contributed by atoms with van der Waals surface area (Å²) >= 11 is 0. The van der Waals surface area contributed by atoms with E-state index in [-0.39, 0.29) is 11.9 Å². The summed E-state index contributed by atoms with van der Waals surface area (Å²) in [7, 11) is 2.06. The quantitative estimate of drug-likeness (QED) is 0.888. The number of amides is 1. The van der Waals surface area contributed by atoms with Crippen LogP contribution in [0, 0.1) is 13.8 Å². The summed E-state index contributed by atoms with van der Waals surface area (Å²) in [5, 5.41) is 14.7. The van der Waals surface area contributed by atoms with E-state index in [1.54, 1.807) is 0 Å². The molecular weight excluding hydrogens is 292 g/mol. The average molecular weight is 316 g/mol. The maximum atomic E-state index is 12.5. The van der Waals surface area contributed by atoms with Crippen LogP contribution in [0.2, 0.25) is 0 Å². The smallest absolute Gasteiger partial charge is 0.272 e. The van der Waals surface area contributed by atoms with Crippen LogP contribution in [-0.2, 0) is 13.0 Å². The van der Waals surface area contributed by atoms with E-state index >= 15 is 0 Å². The predicted octanol–water partition coefficient (Wildman–Crippen LogP) is 1.20. The minimum Gasteiger partial charge on any atom is -0.348 e. The van der Waals surface area contributed by atoms with Gasteiger partial charge in [-0.1, -0.05) is 0 Å². The van der Waals surface area contributed by atoms with Crippen molar-refractivity contribution in [3.63, 3.8) is 0 Å². The fourth-order valence-corrected chi connectivity index (χ4v) is 3.12. The zero-order chi connectivity index (χ0) is 16.6. The lowest BCUT2D eigenvalue weighted by atomic mass is 10.1. The first-order valence-electron chi connectivity index (χ1n) is 8.01. The van der Waals surface area contributed by atoms with Gasteiger partial charge in [-0.25, -0.2) is 0 Å². The predicted molar refractivity (Wildman–Crippen MR) is 87.4 cm³/mol. The number of hydrogen-bond acceptors (Lipinski definition) is 4. The molecule has 2 aromatic heterocycles. The molecule has 1 unspecified atom stereocenters. The van der Waals surface area contributed by atoms with Crippen molar-refractivity contribution in [3.05, 3.63) is 34.4 Å². The summed E-state index contributed by atoms with van der Waals surface area (Å²) in [5.41, 5.74) is 4.72. The van der Waals surface area contributed by atoms with E-state index in [9.17, 15) is 4.79 Å². The van der Waals surface area contributed by atoms with Crippen LogP contribution in [-0.4, -0.2) is 50.9 Å². The highest BCUT2D eigenvalue weighted by Gasteiger charge is 2.24. The number of nitrogens with zero attached hydrogens (tertiary/aromatic N) is 4. The minimum atomic E-state index is -0.119. The molecule has 7 heteroatoms. The Hall–Kier alpha value is -2.15. The molecule has 23 heavy (non-hydrogen) atoms. The van der Waals surface area contributed by atoms with E-state index in [0.29, 0.717) is 12.2 Å². The Bertz CT molecular complexity index is 716. The molecule has 0 fully saturated rings. The van der Waals surface area contributed by atoms with Crippen LogP contribution in [0.1, 0.15) is 46.1 Å². The van der Waals surface area contributed by atoms with Crippen molar-refractivity contribution in [3.8, 4) is 0 Å². The Labute approximate surface area is 136 Å². The third kappa shape index (κ3) is 3.14. The van der Waals surface area contributed by atoms with Crippen LogP contribution in [0.3, 0.4) is 0 Å². The Morgan fingerprint density at radius 2 is 2.26 bits per heavy atom. The van der Waals surface area contributed by atoms with Crippen LogP contribution in [0.25, 0.3) is 0 Å². The van der Waals surface area contributed by atoms with E-state index in [1.807, 2.05) is 31.5 Å². The average Bonchev–Trinajstić information content (AvgIpc) is 3.07. The zero-order valence-electron chi connectivity index (χ0n) is 14.2. The molecule has 1 amide bonds. The molecule has 0 aromatic carbocycles. The van der Waals surface area contributed by atoms with Gasteiger partial charge in [0.15, 0.2) is 5.69 Å². The zero-order valence-corrected chi connectivity index (χ0v) is 14.2. The fourth-order valence-electron chi connectivity index (χ4n) is 3.12. The van der Waals surface area contributed by atoms with E-state index in [2.05, 4.69) is 32.6 Å². The Morgan fingerprint density at radius 3 is 2.96 bits per heavy atom. The first-order valence-corrected chi connectivity index (χ1v) is 8.01. The highest BCUT2D eigenvalue weighted by molar-refractivity contribution is 5.94. The van der Waals surface area contributed by atoms with E-state index in [0.717, 1.165) is 42.2 Å². The highest BCUT2D eigenvalue weighted by atomic mass is 16.1. The second-order valence-corrected chi connectivity index (χ2v) is 6.45. The summed E-state index contributed by atoms with van der Waals surface area (Å²) in [4.78, 5) is 14.7. The number of carbonyl (C=O) groups is 1. The number of aromatic nitrogens is 4. The lowest BCUT2D eigenvalue weighted by Gasteiger charge is -2.22. The van der Waals surface area contributed by atoms with Gasteiger partial charge in [0.2, 0.25) is 0 Å². The molecule has 1 aliphatic heterocycles. The van der Waals surface area contributed by atoms with Crippen LogP contribution in [0.4, 0.5) is 0 Å². The summed E-state index contributed by atoms with van der Waals surface area (Å²) in [6.45, 7) is 8.33. The molecule has 0 radical (unpaired) electrons. The molecule has 1 aliphatic rings. The highest BCUT2D eigenvalue weighted by Crippen LogP contribution is 2.19. The summed E-state index contributed by atoms with van der Waals surface area (Å²) < 4.78 is 1.95. The van der Waals surface area contributed by atoms with Crippen LogP contribution < -0.4 is 5.32 Å². The molecular formula is C16H24N6O. The van der Waals surface area contributed by atoms with Crippen LogP contribution in [0.15, 0.2) is 6.07 Å². The molecule has 2 aromatic rings. The van der Waals surface area contributed by atoms with E-state index < -0.39 is 0 Å². The number of carbonyl (C=O) groups excluding carboxylic acids is 1. The number of nitrogens with one attached hydrogen (secondary N) is 2. The van der Waals surface area contributed by atoms with Gasteiger partial charge >= 0.3 is 0 Å². The molecule has 0 aliphatic carbocycles. The van der Waals surface area contributed by atoms with Gasteiger partial charge in [0.05, 0.1) is 11.7 Å². The van der Waals surface area contributed by atoms with Crippen molar-refractivity contribution in [1.82, 2.24) is 30.2 Å². The number of hydrogen-bond donors (Lipinski definition) is 2. The number of rotatable bonds is 4. The van der Waals surface area contributed by atoms with Gasteiger partial charge in [0.25, 0.3) is 5.91 Å². The molecule has 0 saturated carbocycles. The molecule has 7 nitrogen and oxygen atoms in total. The molecule has 3 heterocycles. The largest absolute Gasteiger partial charge is 0.348 e. The van der Waals surface area contributed by atoms with Gasteiger partial charge in [0, 0.05) is 43.0 Å². The minimum absolute atomic E-state index is 0.102. The maximum Gasteiger partial charge on any atom is 0.272 e. The second kappa shape index (κ2) is 6.16. The third-order valence-corrected chi connectivity index (χ3v) is 4.36. The summed E-state index contributed by atoms with van der Waals surface area (Å²) in [6.07, 6.45) is 0.911. The maximum absolute atomic E-state index is 12.5. The fraction of sp³-hybridized carbons (Fsp3) is 0.562. The van der Waals surface area contributed by atoms with Crippen LogP contribution >= 0.6 is 0 Å². The SMILES string of the molecule is Cc1cc(C)n(C(C)CNC(=O)c2n[nH]c3c2CN(C)CC3)n1. The van der Waals surface area contributed by atoms with Gasteiger partial charge < -0.3 is 10.2 Å². The lowest BCUT2D eigenvalue weighted by molar-refractivity contribution is 0.0940. The number of aromatic amines is 1. The van der Waals surface area contributed by atoms with Crippen molar-refractivity contribution in [2.75, 3.05) is 20.1 Å². The first kappa shape index (κ1) is 15.7. The monoisotopic (exact) mass is 316 g/mol. The third-order valence-electron chi connectivity index (χ3n) is 4.36. The number of aryl methyl sites for hydroxylation is 2. The van der Waals surface area contributed by atoms with Crippen LogP contribution in [0.5, 0.6) is 0 Å².